The van der Waals surface area contributed by atoms with E-state index in [1.54, 1.807) is 6.07 Å². The van der Waals surface area contributed by atoms with Crippen LogP contribution in [0.15, 0.2) is 29.2 Å². The molecule has 2 rings (SSSR count). The summed E-state index contributed by atoms with van der Waals surface area (Å²) in [5, 5.41) is 10.8. The Morgan fingerprint density at radius 1 is 1.25 bits per heavy atom. The SMILES string of the molecule is CCCSc1ccc(O)c2nc(C)ccc12. The van der Waals surface area contributed by atoms with Crippen molar-refractivity contribution < 1.29 is 5.11 Å². The van der Waals surface area contributed by atoms with E-state index in [9.17, 15) is 5.11 Å². The van der Waals surface area contributed by atoms with Gasteiger partial charge in [0.05, 0.1) is 0 Å². The highest BCUT2D eigenvalue weighted by Gasteiger charge is 2.06. The highest BCUT2D eigenvalue weighted by Crippen LogP contribution is 2.32. The van der Waals surface area contributed by atoms with Crippen LogP contribution < -0.4 is 0 Å². The number of aryl methyl sites for hydroxylation is 1. The lowest BCUT2D eigenvalue weighted by molar-refractivity contribution is 0.480. The zero-order valence-electron chi connectivity index (χ0n) is 9.53. The van der Waals surface area contributed by atoms with Gasteiger partial charge in [-0.2, -0.15) is 0 Å². The number of aromatic nitrogens is 1. The molecule has 0 aliphatic carbocycles. The summed E-state index contributed by atoms with van der Waals surface area (Å²) in [7, 11) is 0. The Morgan fingerprint density at radius 2 is 2.06 bits per heavy atom. The van der Waals surface area contributed by atoms with Crippen molar-refractivity contribution >= 4 is 22.7 Å². The van der Waals surface area contributed by atoms with Crippen LogP contribution in [0.5, 0.6) is 5.75 Å². The van der Waals surface area contributed by atoms with Gasteiger partial charge in [-0.25, -0.2) is 4.98 Å². The van der Waals surface area contributed by atoms with E-state index in [2.05, 4.69) is 11.9 Å². The largest absolute Gasteiger partial charge is 0.506 e. The second-order valence-electron chi connectivity index (χ2n) is 3.78. The topological polar surface area (TPSA) is 33.1 Å². The summed E-state index contributed by atoms with van der Waals surface area (Å²) in [6, 6.07) is 7.72. The van der Waals surface area contributed by atoms with Crippen LogP contribution in [0.1, 0.15) is 19.0 Å². The van der Waals surface area contributed by atoms with Gasteiger partial charge in [0.25, 0.3) is 0 Å². The standard InChI is InChI=1S/C13H15NOS/c1-3-8-16-12-7-6-11(15)13-10(12)5-4-9(2)14-13/h4-7,15H,3,8H2,1-2H3. The fourth-order valence-corrected chi connectivity index (χ4v) is 2.52. The van der Waals surface area contributed by atoms with Gasteiger partial charge in [-0.3, -0.25) is 0 Å². The zero-order valence-corrected chi connectivity index (χ0v) is 10.3. The maximum atomic E-state index is 9.77. The van der Waals surface area contributed by atoms with E-state index in [-0.39, 0.29) is 5.75 Å². The van der Waals surface area contributed by atoms with Gasteiger partial charge in [-0.1, -0.05) is 6.92 Å². The van der Waals surface area contributed by atoms with E-state index in [0.717, 1.165) is 23.3 Å². The minimum absolute atomic E-state index is 0.263. The van der Waals surface area contributed by atoms with Crippen molar-refractivity contribution in [3.63, 3.8) is 0 Å². The average molecular weight is 233 g/mol. The molecular weight excluding hydrogens is 218 g/mol. The van der Waals surface area contributed by atoms with Gasteiger partial charge < -0.3 is 5.11 Å². The summed E-state index contributed by atoms with van der Waals surface area (Å²) >= 11 is 1.81. The van der Waals surface area contributed by atoms with E-state index in [1.165, 1.54) is 4.90 Å². The Kier molecular flexibility index (Phi) is 3.34. The van der Waals surface area contributed by atoms with Gasteiger partial charge in [-0.15, -0.1) is 11.8 Å². The Bertz CT molecular complexity index is 511. The molecule has 2 nitrogen and oxygen atoms in total. The van der Waals surface area contributed by atoms with Gasteiger partial charge in [0.2, 0.25) is 0 Å². The van der Waals surface area contributed by atoms with Gasteiger partial charge in [0, 0.05) is 16.0 Å². The van der Waals surface area contributed by atoms with E-state index in [0.29, 0.717) is 5.52 Å². The Hall–Kier alpha value is -1.22. The molecule has 0 aliphatic rings. The molecule has 1 aromatic carbocycles. The molecule has 1 aromatic heterocycles. The molecule has 16 heavy (non-hydrogen) atoms. The van der Waals surface area contributed by atoms with Crippen LogP contribution in [0.25, 0.3) is 10.9 Å². The van der Waals surface area contributed by atoms with Crippen LogP contribution in [-0.4, -0.2) is 15.8 Å². The Balaban J connectivity index is 2.55. The predicted octanol–water partition coefficient (Wildman–Crippen LogP) is 3.75. The first kappa shape index (κ1) is 11.3. The second kappa shape index (κ2) is 4.74. The molecule has 0 saturated carbocycles. The summed E-state index contributed by atoms with van der Waals surface area (Å²) in [6.45, 7) is 4.10. The number of pyridine rings is 1. The van der Waals surface area contributed by atoms with Gasteiger partial charge in [0.1, 0.15) is 11.3 Å². The molecule has 0 radical (unpaired) electrons. The molecule has 0 amide bonds. The average Bonchev–Trinajstić information content (AvgIpc) is 2.29. The fraction of sp³-hybridized carbons (Fsp3) is 0.308. The van der Waals surface area contributed by atoms with Crippen LogP contribution in [-0.2, 0) is 0 Å². The molecular formula is C13H15NOS. The number of phenolic OH excluding ortho intramolecular Hbond substituents is 1. The molecule has 1 heterocycles. The Morgan fingerprint density at radius 3 is 2.81 bits per heavy atom. The summed E-state index contributed by atoms with van der Waals surface area (Å²) in [5.74, 6) is 1.35. The minimum Gasteiger partial charge on any atom is -0.506 e. The molecule has 0 atom stereocenters. The maximum absolute atomic E-state index is 9.77. The monoisotopic (exact) mass is 233 g/mol. The number of hydrogen-bond donors (Lipinski definition) is 1. The molecule has 0 bridgehead atoms. The minimum atomic E-state index is 0.263. The van der Waals surface area contributed by atoms with Crippen molar-refractivity contribution in [3.05, 3.63) is 30.0 Å². The van der Waals surface area contributed by atoms with Gasteiger partial charge in [-0.05, 0) is 43.4 Å². The maximum Gasteiger partial charge on any atom is 0.141 e. The van der Waals surface area contributed by atoms with Crippen LogP contribution >= 0.6 is 11.8 Å². The number of aromatic hydroxyl groups is 1. The number of benzene rings is 1. The predicted molar refractivity (Wildman–Crippen MR) is 69.2 cm³/mol. The summed E-state index contributed by atoms with van der Waals surface area (Å²) < 4.78 is 0. The first-order valence-electron chi connectivity index (χ1n) is 5.44. The van der Waals surface area contributed by atoms with Crippen LogP contribution in [0.4, 0.5) is 0 Å². The van der Waals surface area contributed by atoms with E-state index in [4.69, 9.17) is 0 Å². The third-order valence-corrected chi connectivity index (χ3v) is 3.68. The summed E-state index contributed by atoms with van der Waals surface area (Å²) in [6.07, 6.45) is 1.15. The van der Waals surface area contributed by atoms with E-state index in [1.807, 2.05) is 36.9 Å². The smallest absolute Gasteiger partial charge is 0.141 e. The molecule has 1 N–H and O–H groups in total. The lowest BCUT2D eigenvalue weighted by Crippen LogP contribution is -1.86. The normalized spacial score (nSPS) is 10.9. The number of nitrogens with zero attached hydrogens (tertiary/aromatic N) is 1. The first-order valence-corrected chi connectivity index (χ1v) is 6.43. The molecule has 0 saturated heterocycles. The van der Waals surface area contributed by atoms with Crippen molar-refractivity contribution in [1.82, 2.24) is 4.98 Å². The lowest BCUT2D eigenvalue weighted by atomic mass is 10.2. The highest BCUT2D eigenvalue weighted by atomic mass is 32.2. The highest BCUT2D eigenvalue weighted by molar-refractivity contribution is 7.99. The molecule has 84 valence electrons. The third-order valence-electron chi connectivity index (χ3n) is 2.40. The van der Waals surface area contributed by atoms with Crippen molar-refractivity contribution in [1.29, 1.82) is 0 Å². The van der Waals surface area contributed by atoms with Crippen molar-refractivity contribution in [2.45, 2.75) is 25.2 Å². The lowest BCUT2D eigenvalue weighted by Gasteiger charge is -2.07. The fourth-order valence-electron chi connectivity index (χ4n) is 1.61. The molecule has 3 heteroatoms. The molecule has 0 spiro atoms. The molecule has 0 unspecified atom stereocenters. The second-order valence-corrected chi connectivity index (χ2v) is 4.92. The number of fused-ring (bicyclic) bond motifs is 1. The number of thioether (sulfide) groups is 1. The van der Waals surface area contributed by atoms with Gasteiger partial charge >= 0.3 is 0 Å². The molecule has 2 aromatic rings. The van der Waals surface area contributed by atoms with E-state index >= 15 is 0 Å². The summed E-state index contributed by atoms with van der Waals surface area (Å²) in [5.41, 5.74) is 1.64. The van der Waals surface area contributed by atoms with Crippen molar-refractivity contribution in [2.75, 3.05) is 5.75 Å². The number of phenols is 1. The van der Waals surface area contributed by atoms with E-state index < -0.39 is 0 Å². The zero-order chi connectivity index (χ0) is 11.5. The third kappa shape index (κ3) is 2.14. The number of hydrogen-bond acceptors (Lipinski definition) is 3. The first-order chi connectivity index (χ1) is 7.72. The van der Waals surface area contributed by atoms with Crippen molar-refractivity contribution in [2.24, 2.45) is 0 Å². The summed E-state index contributed by atoms with van der Waals surface area (Å²) in [4.78, 5) is 5.58. The van der Waals surface area contributed by atoms with Crippen LogP contribution in [0.2, 0.25) is 0 Å². The van der Waals surface area contributed by atoms with Crippen molar-refractivity contribution in [3.8, 4) is 5.75 Å². The molecule has 0 aliphatic heterocycles. The molecule has 0 fully saturated rings. The quantitative estimate of drug-likeness (QED) is 0.820. The van der Waals surface area contributed by atoms with Crippen LogP contribution in [0.3, 0.4) is 0 Å². The number of rotatable bonds is 3. The Labute approximate surface area is 99.7 Å². The van der Waals surface area contributed by atoms with Crippen LogP contribution in [0, 0.1) is 6.92 Å². The van der Waals surface area contributed by atoms with Gasteiger partial charge in [0.15, 0.2) is 0 Å².